The normalized spacial score (nSPS) is 16.2. The predicted molar refractivity (Wildman–Crippen MR) is 67.3 cm³/mol. The summed E-state index contributed by atoms with van der Waals surface area (Å²) in [6, 6.07) is 0. The summed E-state index contributed by atoms with van der Waals surface area (Å²) in [5.41, 5.74) is 0. The molecule has 1 saturated heterocycles. The van der Waals surface area contributed by atoms with Crippen LogP contribution in [-0.4, -0.2) is 48.4 Å². The molecule has 0 bridgehead atoms. The summed E-state index contributed by atoms with van der Waals surface area (Å²) in [6.45, 7) is 11.2. The average Bonchev–Trinajstić information content (AvgIpc) is 2.31. The van der Waals surface area contributed by atoms with E-state index in [4.69, 9.17) is 0 Å². The zero-order valence-corrected chi connectivity index (χ0v) is 10.0. The fourth-order valence-electron chi connectivity index (χ4n) is 2.00. The average molecular weight is 222 g/mol. The highest BCUT2D eigenvalue weighted by molar-refractivity contribution is 5.78. The second-order valence-corrected chi connectivity index (χ2v) is 4.21. The van der Waals surface area contributed by atoms with Gasteiger partial charge in [-0.15, -0.1) is 13.2 Å². The molecule has 0 spiro atoms. The highest BCUT2D eigenvalue weighted by Gasteiger charge is 2.18. The Morgan fingerprint density at radius 2 is 1.69 bits per heavy atom. The van der Waals surface area contributed by atoms with Crippen molar-refractivity contribution in [3.8, 4) is 0 Å². The molecule has 0 unspecified atom stereocenters. The van der Waals surface area contributed by atoms with E-state index in [9.17, 15) is 4.79 Å². The van der Waals surface area contributed by atoms with Gasteiger partial charge in [0.05, 0.1) is 6.54 Å². The third-order valence-electron chi connectivity index (χ3n) is 2.84. The molecule has 0 saturated carbocycles. The molecule has 0 aromatic carbocycles. The van der Waals surface area contributed by atoms with Gasteiger partial charge in [-0.1, -0.05) is 12.2 Å². The molecule has 90 valence electrons. The number of hydrogen-bond donors (Lipinski definition) is 0. The van der Waals surface area contributed by atoms with Crippen molar-refractivity contribution >= 4 is 5.91 Å². The summed E-state index contributed by atoms with van der Waals surface area (Å²) in [7, 11) is 0. The van der Waals surface area contributed by atoms with Crippen molar-refractivity contribution < 1.29 is 4.79 Å². The van der Waals surface area contributed by atoms with Gasteiger partial charge in [-0.25, -0.2) is 0 Å². The lowest BCUT2D eigenvalue weighted by atomic mass is 10.1. The van der Waals surface area contributed by atoms with E-state index in [1.807, 2.05) is 17.1 Å². The second-order valence-electron chi connectivity index (χ2n) is 4.21. The van der Waals surface area contributed by atoms with E-state index in [1.165, 1.54) is 6.42 Å². The number of hydrogen-bond acceptors (Lipinski definition) is 2. The molecular weight excluding hydrogens is 200 g/mol. The van der Waals surface area contributed by atoms with Crippen LogP contribution in [0.15, 0.2) is 25.3 Å². The molecule has 1 aliphatic heterocycles. The highest BCUT2D eigenvalue weighted by Crippen LogP contribution is 2.09. The van der Waals surface area contributed by atoms with Crippen molar-refractivity contribution in [2.45, 2.75) is 19.3 Å². The standard InChI is InChI=1S/C13H22N2O/c1-3-8-14(9-4-2)12-13(16)15-10-6-5-7-11-15/h3-4H,1-2,5-12H2. The summed E-state index contributed by atoms with van der Waals surface area (Å²) in [6.07, 6.45) is 7.20. The van der Waals surface area contributed by atoms with Crippen LogP contribution >= 0.6 is 0 Å². The Morgan fingerprint density at radius 3 is 2.19 bits per heavy atom. The number of carbonyl (C=O) groups excluding carboxylic acids is 1. The number of carbonyl (C=O) groups is 1. The first-order valence-electron chi connectivity index (χ1n) is 6.00. The van der Waals surface area contributed by atoms with Gasteiger partial charge < -0.3 is 4.90 Å². The molecule has 1 rings (SSSR count). The molecule has 1 heterocycles. The molecule has 0 N–H and O–H groups in total. The predicted octanol–water partition coefficient (Wildman–Crippen LogP) is 1.67. The number of amides is 1. The van der Waals surface area contributed by atoms with Crippen molar-refractivity contribution in [2.24, 2.45) is 0 Å². The van der Waals surface area contributed by atoms with Gasteiger partial charge in [0, 0.05) is 26.2 Å². The van der Waals surface area contributed by atoms with Crippen molar-refractivity contribution in [2.75, 3.05) is 32.7 Å². The van der Waals surface area contributed by atoms with Gasteiger partial charge in [-0.2, -0.15) is 0 Å². The Hall–Kier alpha value is -1.09. The number of piperidine rings is 1. The summed E-state index contributed by atoms with van der Waals surface area (Å²) in [5.74, 6) is 0.239. The Balaban J connectivity index is 2.39. The minimum atomic E-state index is 0.239. The number of rotatable bonds is 6. The number of likely N-dealkylation sites (tertiary alicyclic amines) is 1. The van der Waals surface area contributed by atoms with Crippen molar-refractivity contribution in [3.63, 3.8) is 0 Å². The van der Waals surface area contributed by atoms with Gasteiger partial charge in [0.1, 0.15) is 0 Å². The van der Waals surface area contributed by atoms with E-state index in [0.29, 0.717) is 6.54 Å². The van der Waals surface area contributed by atoms with Crippen molar-refractivity contribution in [1.29, 1.82) is 0 Å². The number of nitrogens with zero attached hydrogens (tertiary/aromatic N) is 2. The van der Waals surface area contributed by atoms with Gasteiger partial charge in [-0.3, -0.25) is 9.69 Å². The molecule has 3 heteroatoms. The molecule has 0 aromatic heterocycles. The minimum absolute atomic E-state index is 0.239. The van der Waals surface area contributed by atoms with E-state index in [0.717, 1.165) is 39.0 Å². The molecule has 3 nitrogen and oxygen atoms in total. The van der Waals surface area contributed by atoms with E-state index < -0.39 is 0 Å². The molecule has 0 radical (unpaired) electrons. The fraction of sp³-hybridized carbons (Fsp3) is 0.615. The zero-order valence-electron chi connectivity index (χ0n) is 10.0. The second kappa shape index (κ2) is 7.23. The SMILES string of the molecule is C=CCN(CC=C)CC(=O)N1CCCCC1. The largest absolute Gasteiger partial charge is 0.342 e. The topological polar surface area (TPSA) is 23.6 Å². The van der Waals surface area contributed by atoms with Gasteiger partial charge >= 0.3 is 0 Å². The van der Waals surface area contributed by atoms with E-state index >= 15 is 0 Å². The maximum Gasteiger partial charge on any atom is 0.236 e. The molecule has 1 fully saturated rings. The van der Waals surface area contributed by atoms with Crippen LogP contribution in [0.4, 0.5) is 0 Å². The third kappa shape index (κ3) is 4.19. The van der Waals surface area contributed by atoms with E-state index in [2.05, 4.69) is 18.1 Å². The molecule has 0 atom stereocenters. The Morgan fingerprint density at radius 1 is 1.12 bits per heavy atom. The Bertz CT molecular complexity index is 234. The summed E-state index contributed by atoms with van der Waals surface area (Å²) < 4.78 is 0. The van der Waals surface area contributed by atoms with Crippen LogP contribution in [0.3, 0.4) is 0 Å². The Labute approximate surface area is 98.4 Å². The molecule has 1 amide bonds. The van der Waals surface area contributed by atoms with E-state index in [1.54, 1.807) is 0 Å². The highest BCUT2D eigenvalue weighted by atomic mass is 16.2. The maximum absolute atomic E-state index is 12.0. The quantitative estimate of drug-likeness (QED) is 0.638. The van der Waals surface area contributed by atoms with Crippen LogP contribution in [-0.2, 0) is 4.79 Å². The molecule has 16 heavy (non-hydrogen) atoms. The van der Waals surface area contributed by atoms with Crippen LogP contribution in [0.1, 0.15) is 19.3 Å². The van der Waals surface area contributed by atoms with Crippen LogP contribution in [0.5, 0.6) is 0 Å². The third-order valence-corrected chi connectivity index (χ3v) is 2.84. The molecule has 0 aliphatic carbocycles. The molecule has 0 aromatic rings. The van der Waals surface area contributed by atoms with Crippen molar-refractivity contribution in [3.05, 3.63) is 25.3 Å². The van der Waals surface area contributed by atoms with Crippen LogP contribution < -0.4 is 0 Å². The van der Waals surface area contributed by atoms with Crippen molar-refractivity contribution in [1.82, 2.24) is 9.80 Å². The zero-order chi connectivity index (χ0) is 11.8. The van der Waals surface area contributed by atoms with Gasteiger partial charge in [-0.05, 0) is 19.3 Å². The lowest BCUT2D eigenvalue weighted by molar-refractivity contribution is -0.133. The van der Waals surface area contributed by atoms with Gasteiger partial charge in [0.15, 0.2) is 0 Å². The van der Waals surface area contributed by atoms with Crippen LogP contribution in [0, 0.1) is 0 Å². The Kier molecular flexibility index (Phi) is 5.86. The molecule has 1 aliphatic rings. The lowest BCUT2D eigenvalue weighted by Gasteiger charge is -2.29. The van der Waals surface area contributed by atoms with Gasteiger partial charge in [0.25, 0.3) is 0 Å². The van der Waals surface area contributed by atoms with E-state index in [-0.39, 0.29) is 5.91 Å². The van der Waals surface area contributed by atoms with Gasteiger partial charge in [0.2, 0.25) is 5.91 Å². The van der Waals surface area contributed by atoms with Crippen LogP contribution in [0.2, 0.25) is 0 Å². The lowest BCUT2D eigenvalue weighted by Crippen LogP contribution is -2.42. The molecular formula is C13H22N2O. The monoisotopic (exact) mass is 222 g/mol. The summed E-state index contributed by atoms with van der Waals surface area (Å²) in [5, 5.41) is 0. The smallest absolute Gasteiger partial charge is 0.236 e. The first-order valence-corrected chi connectivity index (χ1v) is 6.00. The van der Waals surface area contributed by atoms with Crippen LogP contribution in [0.25, 0.3) is 0 Å². The maximum atomic E-state index is 12.0. The summed E-state index contributed by atoms with van der Waals surface area (Å²) >= 11 is 0. The fourth-order valence-corrected chi connectivity index (χ4v) is 2.00. The first-order chi connectivity index (χ1) is 7.77. The first kappa shape index (κ1) is 13.0. The summed E-state index contributed by atoms with van der Waals surface area (Å²) in [4.78, 5) is 16.0. The minimum Gasteiger partial charge on any atom is -0.342 e.